The molecule has 8 heteroatoms. The molecular weight excluding hydrogens is 486 g/mol. The number of ether oxygens (including phenoxy) is 2. The molecule has 2 aliphatic carbocycles. The van der Waals surface area contributed by atoms with Gasteiger partial charge in [0.25, 0.3) is 5.69 Å². The van der Waals surface area contributed by atoms with Crippen LogP contribution in [-0.4, -0.2) is 46.5 Å². The Labute approximate surface area is 223 Å². The highest BCUT2D eigenvalue weighted by molar-refractivity contribution is 5.87. The quantitative estimate of drug-likeness (QED) is 0.167. The summed E-state index contributed by atoms with van der Waals surface area (Å²) in [7, 11) is 0. The van der Waals surface area contributed by atoms with E-state index in [1.165, 1.54) is 23.8 Å². The highest BCUT2D eigenvalue weighted by atomic mass is 16.6. The first kappa shape index (κ1) is 27.8. The van der Waals surface area contributed by atoms with Gasteiger partial charge in [-0.3, -0.25) is 10.1 Å². The maximum Gasteiger partial charge on any atom is 0.331 e. The third-order valence-corrected chi connectivity index (χ3v) is 9.12. The number of rotatable bonds is 7. The predicted octanol–water partition coefficient (Wildman–Crippen LogP) is 5.12. The zero-order chi connectivity index (χ0) is 27.7. The molecule has 1 heterocycles. The molecule has 0 aromatic heterocycles. The molecule has 0 spiro atoms. The number of benzene rings is 1. The van der Waals surface area contributed by atoms with Gasteiger partial charge in [-0.1, -0.05) is 38.7 Å². The van der Waals surface area contributed by atoms with Crippen LogP contribution in [0, 0.1) is 32.8 Å². The van der Waals surface area contributed by atoms with Gasteiger partial charge in [0.15, 0.2) is 6.10 Å². The second kappa shape index (κ2) is 10.9. The van der Waals surface area contributed by atoms with Crippen molar-refractivity contribution < 1.29 is 29.4 Å². The Kier molecular flexibility index (Phi) is 7.95. The van der Waals surface area contributed by atoms with Crippen LogP contribution in [-0.2, 0) is 14.3 Å². The van der Waals surface area contributed by atoms with Crippen LogP contribution in [0.25, 0.3) is 6.08 Å². The minimum atomic E-state index is -0.590. The van der Waals surface area contributed by atoms with Gasteiger partial charge in [-0.2, -0.15) is 0 Å². The van der Waals surface area contributed by atoms with E-state index in [1.54, 1.807) is 18.2 Å². The number of nitro groups is 1. The topological polar surface area (TPSA) is 119 Å². The summed E-state index contributed by atoms with van der Waals surface area (Å²) in [6.45, 7) is 12.8. The molecule has 204 valence electrons. The molecule has 0 radical (unpaired) electrons. The van der Waals surface area contributed by atoms with Crippen molar-refractivity contribution in [1.29, 1.82) is 0 Å². The van der Waals surface area contributed by atoms with Gasteiger partial charge in [0.2, 0.25) is 0 Å². The third-order valence-electron chi connectivity index (χ3n) is 9.12. The van der Waals surface area contributed by atoms with Crippen LogP contribution in [0.3, 0.4) is 0 Å². The number of esters is 1. The number of carbonyl (C=O) groups excluding carboxylic acids is 1. The Morgan fingerprint density at radius 2 is 1.97 bits per heavy atom. The second-order valence-corrected chi connectivity index (χ2v) is 11.3. The van der Waals surface area contributed by atoms with Crippen LogP contribution < -0.4 is 0 Å². The first-order valence-corrected chi connectivity index (χ1v) is 13.1. The van der Waals surface area contributed by atoms with E-state index >= 15 is 0 Å². The van der Waals surface area contributed by atoms with E-state index in [2.05, 4.69) is 20.1 Å². The summed E-state index contributed by atoms with van der Waals surface area (Å²) in [6, 6.07) is 5.87. The van der Waals surface area contributed by atoms with Crippen LogP contribution in [0.2, 0.25) is 0 Å². The van der Waals surface area contributed by atoms with Crippen LogP contribution in [0.4, 0.5) is 5.69 Å². The molecule has 1 aliphatic heterocycles. The number of nitro benzene ring substituents is 1. The standard InChI is InChI=1S/C30H37NO7/c1-19-5-13-26-29(3,16-15-27(33)30(26,4)18-32)24(19)12-11-23-20(2)37-17-25(23)38-28(34)14-8-21-6-9-22(10-7-21)31(35)36/h6-11,14,24-27,32-33H,1-2,5,12-13,15-18H2,3-4H3/b14-8+,23-11-/t24?,25?,26?,27-,29+,30+/m1/s1. The lowest BCUT2D eigenvalue weighted by Crippen LogP contribution is -2.57. The van der Waals surface area contributed by atoms with E-state index < -0.39 is 28.5 Å². The van der Waals surface area contributed by atoms with Crippen LogP contribution in [0.5, 0.6) is 0 Å². The predicted molar refractivity (Wildman–Crippen MR) is 144 cm³/mol. The summed E-state index contributed by atoms with van der Waals surface area (Å²) in [5.74, 6) is 0.244. The van der Waals surface area contributed by atoms with Crippen LogP contribution in [0.1, 0.15) is 51.5 Å². The lowest BCUT2D eigenvalue weighted by molar-refractivity contribution is -0.384. The highest BCUT2D eigenvalue weighted by Crippen LogP contribution is 2.61. The van der Waals surface area contributed by atoms with E-state index in [-0.39, 0.29) is 36.2 Å². The molecule has 1 aromatic carbocycles. The molecule has 1 saturated heterocycles. The van der Waals surface area contributed by atoms with Crippen molar-refractivity contribution in [2.75, 3.05) is 13.2 Å². The summed E-state index contributed by atoms with van der Waals surface area (Å²) in [5.41, 5.74) is 1.85. The average Bonchev–Trinajstić information content (AvgIpc) is 3.23. The van der Waals surface area contributed by atoms with E-state index in [4.69, 9.17) is 9.47 Å². The van der Waals surface area contributed by atoms with Crippen molar-refractivity contribution in [3.63, 3.8) is 0 Å². The summed E-state index contributed by atoms with van der Waals surface area (Å²) in [4.78, 5) is 22.9. The molecule has 3 unspecified atom stereocenters. The molecule has 0 amide bonds. The monoisotopic (exact) mass is 523 g/mol. The van der Waals surface area contributed by atoms with Crippen molar-refractivity contribution in [2.24, 2.45) is 22.7 Å². The van der Waals surface area contributed by atoms with Gasteiger partial charge >= 0.3 is 5.97 Å². The fourth-order valence-electron chi connectivity index (χ4n) is 6.80. The van der Waals surface area contributed by atoms with Crippen LogP contribution >= 0.6 is 0 Å². The van der Waals surface area contributed by atoms with Crippen molar-refractivity contribution in [3.05, 3.63) is 82.2 Å². The van der Waals surface area contributed by atoms with Crippen molar-refractivity contribution in [2.45, 2.75) is 58.2 Å². The Morgan fingerprint density at radius 3 is 2.63 bits per heavy atom. The number of nitrogens with zero attached hydrogens (tertiary/aromatic N) is 1. The highest BCUT2D eigenvalue weighted by Gasteiger charge is 2.57. The second-order valence-electron chi connectivity index (χ2n) is 11.3. The van der Waals surface area contributed by atoms with Gasteiger partial charge in [0, 0.05) is 29.2 Å². The van der Waals surface area contributed by atoms with E-state index in [9.17, 15) is 25.1 Å². The minimum absolute atomic E-state index is 0.0210. The lowest BCUT2D eigenvalue weighted by atomic mass is 9.46. The SMILES string of the molecule is C=C1OCC(OC(=O)/C=C/c2ccc([N+](=O)[O-])cc2)/C1=C\CC1C(=C)CCC2[C@@]1(C)CC[C@@H](O)[C@@]2(C)CO. The van der Waals surface area contributed by atoms with Gasteiger partial charge in [0.1, 0.15) is 12.4 Å². The molecule has 38 heavy (non-hydrogen) atoms. The van der Waals surface area contributed by atoms with E-state index in [0.29, 0.717) is 24.2 Å². The van der Waals surface area contributed by atoms with E-state index in [0.717, 1.165) is 24.8 Å². The number of allylic oxidation sites excluding steroid dienone is 2. The minimum Gasteiger partial charge on any atom is -0.490 e. The number of aliphatic hydroxyl groups excluding tert-OH is 2. The fraction of sp³-hybridized carbons (Fsp3) is 0.500. The summed E-state index contributed by atoms with van der Waals surface area (Å²) < 4.78 is 11.3. The largest absolute Gasteiger partial charge is 0.490 e. The van der Waals surface area contributed by atoms with Crippen LogP contribution in [0.15, 0.2) is 66.5 Å². The smallest absolute Gasteiger partial charge is 0.331 e. The number of aliphatic hydroxyl groups is 2. The van der Waals surface area contributed by atoms with Gasteiger partial charge in [-0.15, -0.1) is 0 Å². The summed E-state index contributed by atoms with van der Waals surface area (Å²) >= 11 is 0. The normalized spacial score (nSPS) is 34.3. The number of hydrogen-bond donors (Lipinski definition) is 2. The lowest BCUT2D eigenvalue weighted by Gasteiger charge is -2.59. The first-order valence-electron chi connectivity index (χ1n) is 13.1. The fourth-order valence-corrected chi connectivity index (χ4v) is 6.80. The summed E-state index contributed by atoms with van der Waals surface area (Å²) in [6.07, 6.45) is 7.67. The summed E-state index contributed by atoms with van der Waals surface area (Å²) in [5, 5.41) is 31.8. The zero-order valence-corrected chi connectivity index (χ0v) is 22.1. The van der Waals surface area contributed by atoms with Gasteiger partial charge in [-0.05, 0) is 73.1 Å². The number of non-ortho nitro benzene ring substituents is 1. The maximum atomic E-state index is 12.5. The number of hydrogen-bond acceptors (Lipinski definition) is 7. The Bertz CT molecular complexity index is 1170. The maximum absolute atomic E-state index is 12.5. The zero-order valence-electron chi connectivity index (χ0n) is 22.1. The molecule has 6 atom stereocenters. The molecule has 3 aliphatic rings. The van der Waals surface area contributed by atoms with Gasteiger partial charge < -0.3 is 19.7 Å². The Morgan fingerprint density at radius 1 is 1.26 bits per heavy atom. The van der Waals surface area contributed by atoms with Crippen molar-refractivity contribution in [3.8, 4) is 0 Å². The number of carbonyl (C=O) groups is 1. The molecule has 0 bridgehead atoms. The molecule has 3 fully saturated rings. The average molecular weight is 524 g/mol. The molecule has 2 saturated carbocycles. The van der Waals surface area contributed by atoms with Gasteiger partial charge in [-0.25, -0.2) is 4.79 Å². The first-order chi connectivity index (χ1) is 18.0. The molecule has 1 aromatic rings. The Hall–Kier alpha value is -3.23. The Balaban J connectivity index is 1.46. The third kappa shape index (κ3) is 5.20. The van der Waals surface area contributed by atoms with Crippen molar-refractivity contribution >= 4 is 17.7 Å². The van der Waals surface area contributed by atoms with E-state index in [1.807, 2.05) is 13.0 Å². The molecule has 4 rings (SSSR count). The molecule has 8 nitrogen and oxygen atoms in total. The van der Waals surface area contributed by atoms with Gasteiger partial charge in [0.05, 0.1) is 17.6 Å². The molecular formula is C30H37NO7. The van der Waals surface area contributed by atoms with Crippen molar-refractivity contribution in [1.82, 2.24) is 0 Å². The number of fused-ring (bicyclic) bond motifs is 1. The molecule has 2 N–H and O–H groups in total.